The third-order valence-corrected chi connectivity index (χ3v) is 4.57. The summed E-state index contributed by atoms with van der Waals surface area (Å²) in [4.78, 5) is 24.5. The fourth-order valence-electron chi connectivity index (χ4n) is 3.01. The Morgan fingerprint density at radius 1 is 1.23 bits per heavy atom. The van der Waals surface area contributed by atoms with Gasteiger partial charge in [-0.1, -0.05) is 23.7 Å². The Morgan fingerprint density at radius 2 is 2.04 bits per heavy atom. The van der Waals surface area contributed by atoms with E-state index in [1.165, 1.54) is 12.1 Å². The van der Waals surface area contributed by atoms with E-state index in [0.717, 1.165) is 5.56 Å². The van der Waals surface area contributed by atoms with E-state index in [2.05, 4.69) is 5.32 Å². The third kappa shape index (κ3) is 2.83. The van der Waals surface area contributed by atoms with Crippen LogP contribution < -0.4 is 14.8 Å². The number of aliphatic hydroxyl groups is 1. The lowest BCUT2D eigenvalue weighted by atomic mass is 9.89. The molecule has 0 saturated heterocycles. The Morgan fingerprint density at radius 3 is 2.88 bits per heavy atom. The highest BCUT2D eigenvalue weighted by molar-refractivity contribution is 6.31. The Bertz CT molecular complexity index is 955. The molecule has 2 aromatic carbocycles. The maximum atomic E-state index is 12.3. The van der Waals surface area contributed by atoms with E-state index in [-0.39, 0.29) is 13.2 Å². The van der Waals surface area contributed by atoms with Crippen LogP contribution in [-0.2, 0) is 15.2 Å². The van der Waals surface area contributed by atoms with Gasteiger partial charge in [-0.3, -0.25) is 9.59 Å². The van der Waals surface area contributed by atoms with Crippen molar-refractivity contribution in [3.05, 3.63) is 58.6 Å². The van der Waals surface area contributed by atoms with E-state index in [1.807, 2.05) is 0 Å². The first-order chi connectivity index (χ1) is 12.5. The number of carbonyl (C=O) groups is 2. The van der Waals surface area contributed by atoms with Gasteiger partial charge in [0.05, 0.1) is 6.42 Å². The van der Waals surface area contributed by atoms with Crippen molar-refractivity contribution in [1.82, 2.24) is 0 Å². The monoisotopic (exact) mass is 371 g/mol. The molecular weight excluding hydrogens is 358 g/mol. The first kappa shape index (κ1) is 16.6. The minimum Gasteiger partial charge on any atom is -0.454 e. The number of ketones is 1. The van der Waals surface area contributed by atoms with Crippen LogP contribution in [0.5, 0.6) is 11.5 Å². The number of rotatable bonds is 4. The number of carbonyl (C=O) groups excluding carboxylic acids is 2. The molecule has 0 aliphatic carbocycles. The molecule has 1 atom stereocenters. The van der Waals surface area contributed by atoms with E-state index in [0.29, 0.717) is 27.8 Å². The van der Waals surface area contributed by atoms with Gasteiger partial charge in [-0.25, -0.2) is 0 Å². The van der Waals surface area contributed by atoms with E-state index < -0.39 is 17.3 Å². The Balaban J connectivity index is 1.53. The molecule has 0 unspecified atom stereocenters. The third-order valence-electron chi connectivity index (χ3n) is 4.34. The number of halogens is 1. The summed E-state index contributed by atoms with van der Waals surface area (Å²) >= 11 is 5.95. The normalized spacial score (nSPS) is 20.3. The van der Waals surface area contributed by atoms with Gasteiger partial charge in [0, 0.05) is 16.3 Å². The van der Waals surface area contributed by atoms with Crippen LogP contribution in [-0.4, -0.2) is 23.6 Å². The van der Waals surface area contributed by atoms with Crippen molar-refractivity contribution < 1.29 is 24.2 Å². The van der Waals surface area contributed by atoms with Crippen LogP contribution in [0.4, 0.5) is 5.69 Å². The minimum atomic E-state index is -1.93. The fourth-order valence-corrected chi connectivity index (χ4v) is 3.18. The highest BCUT2D eigenvalue weighted by atomic mass is 35.5. The average Bonchev–Trinajstić information content (AvgIpc) is 3.17. The van der Waals surface area contributed by atoms with Gasteiger partial charge in [-0.2, -0.15) is 0 Å². The van der Waals surface area contributed by atoms with Crippen LogP contribution in [0.25, 0.3) is 6.08 Å². The van der Waals surface area contributed by atoms with Crippen molar-refractivity contribution in [3.8, 4) is 11.5 Å². The number of ether oxygens (including phenoxy) is 2. The maximum Gasteiger partial charge on any atom is 0.261 e. The lowest BCUT2D eigenvalue weighted by Gasteiger charge is -2.19. The first-order valence-electron chi connectivity index (χ1n) is 7.90. The van der Waals surface area contributed by atoms with Crippen LogP contribution in [0, 0.1) is 0 Å². The van der Waals surface area contributed by atoms with Crippen LogP contribution in [0.15, 0.2) is 42.5 Å². The molecule has 7 heteroatoms. The van der Waals surface area contributed by atoms with Crippen LogP contribution >= 0.6 is 11.6 Å². The lowest BCUT2D eigenvalue weighted by Crippen LogP contribution is -2.36. The second-order valence-electron chi connectivity index (χ2n) is 6.09. The molecule has 0 saturated carbocycles. The van der Waals surface area contributed by atoms with Crippen LogP contribution in [0.3, 0.4) is 0 Å². The summed E-state index contributed by atoms with van der Waals surface area (Å²) in [6.07, 6.45) is 2.54. The van der Waals surface area contributed by atoms with Crippen molar-refractivity contribution in [2.45, 2.75) is 12.0 Å². The van der Waals surface area contributed by atoms with Crippen molar-refractivity contribution in [3.63, 3.8) is 0 Å². The zero-order valence-electron chi connectivity index (χ0n) is 13.5. The Kier molecular flexibility index (Phi) is 3.94. The van der Waals surface area contributed by atoms with E-state index >= 15 is 0 Å². The number of hydrogen-bond donors (Lipinski definition) is 2. The lowest BCUT2D eigenvalue weighted by molar-refractivity contribution is -0.138. The molecule has 4 rings (SSSR count). The SMILES string of the molecule is O=C(/C=C/c1ccc2c(c1)OCO2)C[C@@]1(O)C(=O)Nc2ccc(Cl)cc21. The standard InChI is InChI=1S/C19H14ClNO5/c20-12-3-5-15-14(8-12)19(24,18(23)21-15)9-13(22)4-1-11-2-6-16-17(7-11)26-10-25-16/h1-8,24H,9-10H2,(H,21,23)/b4-1+/t19-/m0/s1. The van der Waals surface area contributed by atoms with E-state index in [9.17, 15) is 14.7 Å². The summed E-state index contributed by atoms with van der Waals surface area (Å²) in [5.41, 5.74) is -0.431. The van der Waals surface area contributed by atoms with Gasteiger partial charge < -0.3 is 19.9 Å². The Hall–Kier alpha value is -2.83. The molecule has 2 aromatic rings. The number of anilines is 1. The zero-order chi connectivity index (χ0) is 18.3. The van der Waals surface area contributed by atoms with Crippen molar-refractivity contribution >= 4 is 35.1 Å². The number of benzene rings is 2. The van der Waals surface area contributed by atoms with Crippen molar-refractivity contribution in [2.75, 3.05) is 12.1 Å². The summed E-state index contributed by atoms with van der Waals surface area (Å²) in [5.74, 6) is 0.226. The highest BCUT2D eigenvalue weighted by Crippen LogP contribution is 2.40. The van der Waals surface area contributed by atoms with Gasteiger partial charge in [-0.05, 0) is 42.0 Å². The summed E-state index contributed by atoms with van der Waals surface area (Å²) in [5, 5.41) is 13.7. The largest absolute Gasteiger partial charge is 0.454 e. The number of hydrogen-bond acceptors (Lipinski definition) is 5. The van der Waals surface area contributed by atoms with Gasteiger partial charge in [-0.15, -0.1) is 0 Å². The molecule has 0 fully saturated rings. The smallest absolute Gasteiger partial charge is 0.261 e. The molecule has 0 spiro atoms. The topological polar surface area (TPSA) is 84.9 Å². The fraction of sp³-hybridized carbons (Fsp3) is 0.158. The van der Waals surface area contributed by atoms with E-state index in [1.54, 1.807) is 36.4 Å². The van der Waals surface area contributed by atoms with Crippen molar-refractivity contribution in [2.24, 2.45) is 0 Å². The predicted molar refractivity (Wildman–Crippen MR) is 95.2 cm³/mol. The van der Waals surface area contributed by atoms with Gasteiger partial charge in [0.1, 0.15) is 0 Å². The average molecular weight is 372 g/mol. The molecule has 26 heavy (non-hydrogen) atoms. The highest BCUT2D eigenvalue weighted by Gasteiger charge is 2.46. The number of allylic oxidation sites excluding steroid dienone is 1. The summed E-state index contributed by atoms with van der Waals surface area (Å²) in [7, 11) is 0. The quantitative estimate of drug-likeness (QED) is 0.807. The molecule has 0 radical (unpaired) electrons. The summed E-state index contributed by atoms with van der Waals surface area (Å²) < 4.78 is 10.5. The summed E-state index contributed by atoms with van der Waals surface area (Å²) in [6, 6.07) is 9.97. The minimum absolute atomic E-state index is 0.172. The van der Waals surface area contributed by atoms with Crippen molar-refractivity contribution in [1.29, 1.82) is 0 Å². The van der Waals surface area contributed by atoms with E-state index in [4.69, 9.17) is 21.1 Å². The molecular formula is C19H14ClNO5. The zero-order valence-corrected chi connectivity index (χ0v) is 14.2. The number of amides is 1. The molecule has 132 valence electrons. The maximum absolute atomic E-state index is 12.3. The van der Waals surface area contributed by atoms with Gasteiger partial charge in [0.25, 0.3) is 5.91 Å². The predicted octanol–water partition coefficient (Wildman–Crippen LogP) is 2.88. The molecule has 2 aliphatic rings. The first-order valence-corrected chi connectivity index (χ1v) is 8.28. The molecule has 2 heterocycles. The molecule has 2 N–H and O–H groups in total. The molecule has 0 aromatic heterocycles. The second-order valence-corrected chi connectivity index (χ2v) is 6.53. The van der Waals surface area contributed by atoms with Gasteiger partial charge in [0.15, 0.2) is 22.9 Å². The van der Waals surface area contributed by atoms with Gasteiger partial charge >= 0.3 is 0 Å². The molecule has 6 nitrogen and oxygen atoms in total. The summed E-state index contributed by atoms with van der Waals surface area (Å²) in [6.45, 7) is 0.172. The molecule has 1 amide bonds. The molecule has 0 bridgehead atoms. The van der Waals surface area contributed by atoms with Crippen LogP contribution in [0.2, 0.25) is 5.02 Å². The molecule has 2 aliphatic heterocycles. The number of fused-ring (bicyclic) bond motifs is 2. The Labute approximate surface area is 154 Å². The van der Waals surface area contributed by atoms with Crippen LogP contribution in [0.1, 0.15) is 17.5 Å². The second kappa shape index (κ2) is 6.16. The number of nitrogens with one attached hydrogen (secondary N) is 1. The van der Waals surface area contributed by atoms with Gasteiger partial charge in [0.2, 0.25) is 6.79 Å².